The molecule has 1 aromatic heterocycles. The lowest BCUT2D eigenvalue weighted by Crippen LogP contribution is -1.99. The number of ether oxygens (including phenoxy) is 1. The third kappa shape index (κ3) is 1.69. The molecule has 0 saturated carbocycles. The monoisotopic (exact) mass is 216 g/mol. The van der Waals surface area contributed by atoms with Gasteiger partial charge in [-0.1, -0.05) is 6.07 Å². The minimum absolute atomic E-state index is 0.875. The second-order valence-corrected chi connectivity index (χ2v) is 3.96. The fraction of sp³-hybridized carbons (Fsp3) is 0.308. The smallest absolute Gasteiger partial charge is 0.143 e. The van der Waals surface area contributed by atoms with E-state index in [9.17, 15) is 0 Å². The van der Waals surface area contributed by atoms with Crippen molar-refractivity contribution < 1.29 is 4.74 Å². The van der Waals surface area contributed by atoms with Crippen LogP contribution >= 0.6 is 0 Å². The molecule has 0 radical (unpaired) electrons. The molecule has 0 saturated heterocycles. The minimum atomic E-state index is 0.875. The van der Waals surface area contributed by atoms with Crippen molar-refractivity contribution in [1.82, 2.24) is 9.55 Å². The van der Waals surface area contributed by atoms with E-state index in [1.54, 1.807) is 7.11 Å². The van der Waals surface area contributed by atoms with Gasteiger partial charge in [-0.3, -0.25) is 4.57 Å². The quantitative estimate of drug-likeness (QED) is 0.771. The molecule has 0 unspecified atom stereocenters. The number of nitrogens with zero attached hydrogens (tertiary/aromatic N) is 2. The van der Waals surface area contributed by atoms with Crippen molar-refractivity contribution in [2.75, 3.05) is 7.11 Å². The van der Waals surface area contributed by atoms with E-state index < -0.39 is 0 Å². The summed E-state index contributed by atoms with van der Waals surface area (Å²) in [5, 5.41) is 0. The molecule has 0 fully saturated rings. The highest BCUT2D eigenvalue weighted by Crippen LogP contribution is 2.25. The molecule has 84 valence electrons. The Kier molecular flexibility index (Phi) is 2.69. The molecule has 1 heterocycles. The molecule has 0 aliphatic carbocycles. The van der Waals surface area contributed by atoms with Gasteiger partial charge in [-0.2, -0.15) is 0 Å². The van der Waals surface area contributed by atoms with Crippen molar-refractivity contribution in [2.45, 2.75) is 20.8 Å². The fourth-order valence-electron chi connectivity index (χ4n) is 1.73. The van der Waals surface area contributed by atoms with E-state index in [0.717, 1.165) is 22.8 Å². The summed E-state index contributed by atoms with van der Waals surface area (Å²) < 4.78 is 7.45. The highest BCUT2D eigenvalue weighted by molar-refractivity contribution is 5.50. The van der Waals surface area contributed by atoms with Crippen LogP contribution in [-0.2, 0) is 0 Å². The number of hydrogen-bond donors (Lipinski definition) is 0. The van der Waals surface area contributed by atoms with Crippen molar-refractivity contribution in [1.29, 1.82) is 0 Å². The van der Waals surface area contributed by atoms with Gasteiger partial charge in [0.1, 0.15) is 5.75 Å². The number of aromatic nitrogens is 2. The number of aryl methyl sites for hydroxylation is 2. The van der Waals surface area contributed by atoms with Crippen LogP contribution in [0.3, 0.4) is 0 Å². The molecule has 0 bridgehead atoms. The standard InChI is InChI=1S/C13H16N2O/c1-9-5-6-12(13(7-9)16-4)15-8-14-10(2)11(15)3/h5-8H,1-4H3. The Morgan fingerprint density at radius 3 is 2.50 bits per heavy atom. The van der Waals surface area contributed by atoms with Gasteiger partial charge in [-0.25, -0.2) is 4.98 Å². The number of methoxy groups -OCH3 is 1. The molecule has 1 aromatic carbocycles. The first-order chi connectivity index (χ1) is 7.63. The van der Waals surface area contributed by atoms with Crippen LogP contribution in [0, 0.1) is 20.8 Å². The molecular weight excluding hydrogens is 200 g/mol. The predicted molar refractivity (Wildman–Crippen MR) is 64.3 cm³/mol. The Bertz CT molecular complexity index is 515. The minimum Gasteiger partial charge on any atom is -0.495 e. The van der Waals surface area contributed by atoms with Gasteiger partial charge >= 0.3 is 0 Å². The van der Waals surface area contributed by atoms with Crippen LogP contribution < -0.4 is 4.74 Å². The Morgan fingerprint density at radius 1 is 1.19 bits per heavy atom. The first-order valence-corrected chi connectivity index (χ1v) is 5.29. The van der Waals surface area contributed by atoms with Gasteiger partial charge in [0, 0.05) is 5.69 Å². The van der Waals surface area contributed by atoms with Crippen LogP contribution in [0.2, 0.25) is 0 Å². The molecule has 3 nitrogen and oxygen atoms in total. The first kappa shape index (κ1) is 10.7. The van der Waals surface area contributed by atoms with E-state index in [2.05, 4.69) is 31.0 Å². The number of imidazole rings is 1. The zero-order chi connectivity index (χ0) is 11.7. The molecule has 0 spiro atoms. The topological polar surface area (TPSA) is 27.1 Å². The molecule has 0 aliphatic rings. The lowest BCUT2D eigenvalue weighted by Gasteiger charge is -2.11. The Balaban J connectivity index is 2.59. The normalized spacial score (nSPS) is 10.5. The van der Waals surface area contributed by atoms with Gasteiger partial charge in [0.05, 0.1) is 24.8 Å². The summed E-state index contributed by atoms with van der Waals surface area (Å²) in [5.74, 6) is 0.875. The lowest BCUT2D eigenvalue weighted by atomic mass is 10.2. The molecule has 2 rings (SSSR count). The molecule has 2 aromatic rings. The molecule has 3 heteroatoms. The maximum absolute atomic E-state index is 5.40. The van der Waals surface area contributed by atoms with Gasteiger partial charge in [0.2, 0.25) is 0 Å². The summed E-state index contributed by atoms with van der Waals surface area (Å²) in [5.41, 5.74) is 4.41. The van der Waals surface area contributed by atoms with Crippen molar-refractivity contribution in [2.24, 2.45) is 0 Å². The number of benzene rings is 1. The Labute approximate surface area is 95.7 Å². The van der Waals surface area contributed by atoms with E-state index in [-0.39, 0.29) is 0 Å². The summed E-state index contributed by atoms with van der Waals surface area (Å²) in [7, 11) is 1.69. The third-order valence-electron chi connectivity index (χ3n) is 2.85. The second-order valence-electron chi connectivity index (χ2n) is 3.96. The van der Waals surface area contributed by atoms with E-state index in [0.29, 0.717) is 0 Å². The summed E-state index contributed by atoms with van der Waals surface area (Å²) in [4.78, 5) is 4.30. The van der Waals surface area contributed by atoms with Crippen LogP contribution in [0.25, 0.3) is 5.69 Å². The van der Waals surface area contributed by atoms with Gasteiger partial charge in [0.25, 0.3) is 0 Å². The lowest BCUT2D eigenvalue weighted by molar-refractivity contribution is 0.412. The van der Waals surface area contributed by atoms with E-state index in [1.165, 1.54) is 5.56 Å². The van der Waals surface area contributed by atoms with Crippen LogP contribution in [0.1, 0.15) is 17.0 Å². The highest BCUT2D eigenvalue weighted by Gasteiger charge is 2.09. The summed E-state index contributed by atoms with van der Waals surface area (Å²) in [6.45, 7) is 6.12. The maximum Gasteiger partial charge on any atom is 0.143 e. The van der Waals surface area contributed by atoms with E-state index in [4.69, 9.17) is 4.74 Å². The molecular formula is C13H16N2O. The zero-order valence-corrected chi connectivity index (χ0v) is 10.1. The molecule has 0 amide bonds. The number of rotatable bonds is 2. The molecule has 0 aliphatic heterocycles. The Morgan fingerprint density at radius 2 is 1.94 bits per heavy atom. The van der Waals surface area contributed by atoms with E-state index >= 15 is 0 Å². The van der Waals surface area contributed by atoms with E-state index in [1.807, 2.05) is 23.9 Å². The Hall–Kier alpha value is -1.77. The fourth-order valence-corrected chi connectivity index (χ4v) is 1.73. The third-order valence-corrected chi connectivity index (χ3v) is 2.85. The zero-order valence-electron chi connectivity index (χ0n) is 10.1. The van der Waals surface area contributed by atoms with Gasteiger partial charge in [0.15, 0.2) is 0 Å². The van der Waals surface area contributed by atoms with Gasteiger partial charge in [-0.05, 0) is 38.5 Å². The van der Waals surface area contributed by atoms with Crippen LogP contribution in [0.5, 0.6) is 5.75 Å². The van der Waals surface area contributed by atoms with Crippen molar-refractivity contribution >= 4 is 0 Å². The summed E-state index contributed by atoms with van der Waals surface area (Å²) >= 11 is 0. The van der Waals surface area contributed by atoms with Gasteiger partial charge in [-0.15, -0.1) is 0 Å². The maximum atomic E-state index is 5.40. The second kappa shape index (κ2) is 4.00. The first-order valence-electron chi connectivity index (χ1n) is 5.29. The molecule has 0 atom stereocenters. The van der Waals surface area contributed by atoms with Gasteiger partial charge < -0.3 is 4.74 Å². The number of hydrogen-bond acceptors (Lipinski definition) is 2. The van der Waals surface area contributed by atoms with Crippen molar-refractivity contribution in [3.63, 3.8) is 0 Å². The van der Waals surface area contributed by atoms with Crippen molar-refractivity contribution in [3.8, 4) is 11.4 Å². The molecule has 16 heavy (non-hydrogen) atoms. The molecule has 0 N–H and O–H groups in total. The average molecular weight is 216 g/mol. The predicted octanol–water partition coefficient (Wildman–Crippen LogP) is 2.81. The largest absolute Gasteiger partial charge is 0.495 e. The average Bonchev–Trinajstić information content (AvgIpc) is 2.60. The van der Waals surface area contributed by atoms with Crippen LogP contribution in [0.4, 0.5) is 0 Å². The van der Waals surface area contributed by atoms with Crippen molar-refractivity contribution in [3.05, 3.63) is 41.5 Å². The summed E-state index contributed by atoms with van der Waals surface area (Å²) in [6, 6.07) is 6.17. The highest BCUT2D eigenvalue weighted by atomic mass is 16.5. The SMILES string of the molecule is COc1cc(C)ccc1-n1cnc(C)c1C. The van der Waals surface area contributed by atoms with Crippen LogP contribution in [-0.4, -0.2) is 16.7 Å². The van der Waals surface area contributed by atoms with Crippen LogP contribution in [0.15, 0.2) is 24.5 Å². The summed E-state index contributed by atoms with van der Waals surface area (Å²) in [6.07, 6.45) is 1.83.